The number of aryl methyl sites for hydroxylation is 1. The fourth-order valence-electron chi connectivity index (χ4n) is 2.51. The second-order valence-electron chi connectivity index (χ2n) is 4.70. The number of hydrogen-bond donors (Lipinski definition) is 3. The van der Waals surface area contributed by atoms with E-state index in [2.05, 4.69) is 16.8 Å². The van der Waals surface area contributed by atoms with Crippen molar-refractivity contribution in [2.24, 2.45) is 0 Å². The number of phenols is 1. The number of piperazine rings is 1. The van der Waals surface area contributed by atoms with Crippen LogP contribution in [0.4, 0.5) is 5.69 Å². The number of nitrogens with one attached hydrogen (secondary N) is 1. The maximum Gasteiger partial charge on any atom is 0.143 e. The van der Waals surface area contributed by atoms with Gasteiger partial charge in [0.2, 0.25) is 0 Å². The molecule has 2 rings (SSSR count). The summed E-state index contributed by atoms with van der Waals surface area (Å²) < 4.78 is 0. The molecule has 1 aromatic carbocycles. The molecule has 0 unspecified atom stereocenters. The number of rotatable bonds is 3. The fourth-order valence-corrected chi connectivity index (χ4v) is 2.51. The van der Waals surface area contributed by atoms with Crippen LogP contribution in [0.15, 0.2) is 24.8 Å². The van der Waals surface area contributed by atoms with E-state index in [9.17, 15) is 5.11 Å². The zero-order valence-electron chi connectivity index (χ0n) is 11.6. The molecule has 1 heterocycles. The molecule has 1 aliphatic rings. The second-order valence-corrected chi connectivity index (χ2v) is 4.70. The number of nitrogens with two attached hydrogens (primary N) is 1. The van der Waals surface area contributed by atoms with E-state index >= 15 is 0 Å². The summed E-state index contributed by atoms with van der Waals surface area (Å²) >= 11 is 0. The number of aromatic hydroxyl groups is 1. The number of phenolic OH excluding ortho intramolecular Hbond substituents is 1. The third-order valence-corrected chi connectivity index (χ3v) is 3.53. The lowest BCUT2D eigenvalue weighted by Gasteiger charge is -2.34. The molecule has 0 aromatic heterocycles. The summed E-state index contributed by atoms with van der Waals surface area (Å²) in [5.74, 6) is 0.193. The van der Waals surface area contributed by atoms with Gasteiger partial charge in [0.15, 0.2) is 0 Å². The Morgan fingerprint density at radius 1 is 1.35 bits per heavy atom. The Bertz CT molecular complexity index is 448. The van der Waals surface area contributed by atoms with E-state index in [1.54, 1.807) is 6.07 Å². The first kappa shape index (κ1) is 19.1. The largest absolute Gasteiger partial charge is 0.505 e. The molecule has 6 heteroatoms. The van der Waals surface area contributed by atoms with Crippen LogP contribution in [-0.4, -0.2) is 36.2 Å². The van der Waals surface area contributed by atoms with E-state index in [4.69, 9.17) is 5.73 Å². The zero-order valence-corrected chi connectivity index (χ0v) is 13.3. The Morgan fingerprint density at radius 3 is 2.50 bits per heavy atom. The molecule has 0 bridgehead atoms. The number of halogens is 2. The van der Waals surface area contributed by atoms with Crippen LogP contribution in [0.2, 0.25) is 0 Å². The highest BCUT2D eigenvalue weighted by Crippen LogP contribution is 2.36. The third kappa shape index (κ3) is 3.79. The van der Waals surface area contributed by atoms with Gasteiger partial charge < -0.3 is 16.2 Å². The maximum absolute atomic E-state index is 10.2. The molecule has 4 N–H and O–H groups in total. The number of benzene rings is 1. The molecule has 1 aliphatic heterocycles. The Hall–Kier alpha value is -0.940. The monoisotopic (exact) mass is 319 g/mol. The first-order valence-corrected chi connectivity index (χ1v) is 6.30. The predicted molar refractivity (Wildman–Crippen MR) is 89.1 cm³/mol. The van der Waals surface area contributed by atoms with Gasteiger partial charge in [0.25, 0.3) is 0 Å². The van der Waals surface area contributed by atoms with E-state index in [1.165, 1.54) is 0 Å². The number of anilines is 1. The van der Waals surface area contributed by atoms with E-state index < -0.39 is 0 Å². The maximum atomic E-state index is 10.2. The Kier molecular flexibility index (Phi) is 7.98. The fraction of sp³-hybridized carbons (Fsp3) is 0.429. The van der Waals surface area contributed by atoms with Gasteiger partial charge in [-0.3, -0.25) is 4.90 Å². The van der Waals surface area contributed by atoms with Crippen LogP contribution in [0.5, 0.6) is 5.75 Å². The summed E-state index contributed by atoms with van der Waals surface area (Å²) in [6.07, 6.45) is 1.88. The summed E-state index contributed by atoms with van der Waals surface area (Å²) in [6, 6.07) is 3.71. The van der Waals surface area contributed by atoms with Crippen molar-refractivity contribution in [3.63, 3.8) is 0 Å². The van der Waals surface area contributed by atoms with Crippen molar-refractivity contribution in [2.45, 2.75) is 13.0 Å². The van der Waals surface area contributed by atoms with Gasteiger partial charge in [-0.25, -0.2) is 0 Å². The molecule has 0 amide bonds. The van der Waals surface area contributed by atoms with E-state index in [0.29, 0.717) is 5.69 Å². The van der Waals surface area contributed by atoms with Gasteiger partial charge in [-0.2, -0.15) is 0 Å². The van der Waals surface area contributed by atoms with Crippen LogP contribution >= 0.6 is 24.8 Å². The molecule has 0 saturated carbocycles. The molecular formula is C14H23Cl2N3O. The highest BCUT2D eigenvalue weighted by atomic mass is 35.5. The summed E-state index contributed by atoms with van der Waals surface area (Å²) in [6.45, 7) is 9.73. The number of hydrogen-bond acceptors (Lipinski definition) is 4. The molecule has 20 heavy (non-hydrogen) atoms. The molecule has 114 valence electrons. The lowest BCUT2D eigenvalue weighted by Crippen LogP contribution is -2.44. The van der Waals surface area contributed by atoms with Gasteiger partial charge in [-0.05, 0) is 18.6 Å². The van der Waals surface area contributed by atoms with Crippen molar-refractivity contribution in [3.8, 4) is 5.75 Å². The van der Waals surface area contributed by atoms with Gasteiger partial charge in [0, 0.05) is 31.7 Å². The van der Waals surface area contributed by atoms with Crippen LogP contribution in [0.3, 0.4) is 0 Å². The average molecular weight is 320 g/mol. The standard InChI is InChI=1S/C14H21N3O.2ClH/c1-3-12(17-8-6-16-7-9-17)13-10(2)4-5-11(15)14(13)18;;/h3-5,12,16,18H,1,6-9,15H2,2H3;2*1H/t12-;;/m0../s1. The van der Waals surface area contributed by atoms with E-state index in [1.807, 2.05) is 19.1 Å². The molecule has 1 saturated heterocycles. The number of nitrogen functional groups attached to an aromatic ring is 1. The Labute approximate surface area is 132 Å². The molecule has 0 aliphatic carbocycles. The van der Waals surface area contributed by atoms with Gasteiger partial charge in [-0.1, -0.05) is 12.1 Å². The van der Waals surface area contributed by atoms with Crippen molar-refractivity contribution in [2.75, 3.05) is 31.9 Å². The summed E-state index contributed by atoms with van der Waals surface area (Å²) in [4.78, 5) is 2.31. The topological polar surface area (TPSA) is 61.5 Å². The number of nitrogens with zero attached hydrogens (tertiary/aromatic N) is 1. The van der Waals surface area contributed by atoms with Crippen molar-refractivity contribution in [1.29, 1.82) is 0 Å². The second kappa shape index (κ2) is 8.37. The minimum absolute atomic E-state index is 0. The molecule has 1 fully saturated rings. The van der Waals surface area contributed by atoms with Gasteiger partial charge in [0.1, 0.15) is 5.75 Å². The van der Waals surface area contributed by atoms with Gasteiger partial charge >= 0.3 is 0 Å². The van der Waals surface area contributed by atoms with Crippen LogP contribution in [-0.2, 0) is 0 Å². The smallest absolute Gasteiger partial charge is 0.143 e. The average Bonchev–Trinajstić information content (AvgIpc) is 2.40. The highest BCUT2D eigenvalue weighted by molar-refractivity contribution is 5.85. The highest BCUT2D eigenvalue weighted by Gasteiger charge is 2.24. The van der Waals surface area contributed by atoms with Crippen LogP contribution in [0.1, 0.15) is 17.2 Å². The summed E-state index contributed by atoms with van der Waals surface area (Å²) in [7, 11) is 0. The van der Waals surface area contributed by atoms with Crippen molar-refractivity contribution < 1.29 is 5.11 Å². The van der Waals surface area contributed by atoms with E-state index in [0.717, 1.165) is 37.3 Å². The molecule has 1 aromatic rings. The zero-order chi connectivity index (χ0) is 13.1. The SMILES string of the molecule is C=C[C@@H](c1c(C)ccc(N)c1O)N1CCNCC1.Cl.Cl. The minimum atomic E-state index is 0. The normalized spacial score (nSPS) is 16.6. The van der Waals surface area contributed by atoms with Gasteiger partial charge in [-0.15, -0.1) is 31.4 Å². The first-order valence-electron chi connectivity index (χ1n) is 6.30. The lowest BCUT2D eigenvalue weighted by atomic mass is 9.97. The minimum Gasteiger partial charge on any atom is -0.505 e. The molecule has 0 radical (unpaired) electrons. The lowest BCUT2D eigenvalue weighted by molar-refractivity contribution is 0.200. The summed E-state index contributed by atoms with van der Waals surface area (Å²) in [5.41, 5.74) is 8.15. The Balaban J connectivity index is 0.00000180. The summed E-state index contributed by atoms with van der Waals surface area (Å²) in [5, 5.41) is 13.5. The van der Waals surface area contributed by atoms with Crippen molar-refractivity contribution >= 4 is 30.5 Å². The Morgan fingerprint density at radius 2 is 1.95 bits per heavy atom. The third-order valence-electron chi connectivity index (χ3n) is 3.53. The van der Waals surface area contributed by atoms with Gasteiger partial charge in [0.05, 0.1) is 11.7 Å². The van der Waals surface area contributed by atoms with Crippen molar-refractivity contribution in [3.05, 3.63) is 35.9 Å². The first-order chi connectivity index (χ1) is 8.65. The molecule has 4 nitrogen and oxygen atoms in total. The quantitative estimate of drug-likeness (QED) is 0.454. The molecular weight excluding hydrogens is 297 g/mol. The predicted octanol–water partition coefficient (Wildman–Crippen LogP) is 2.26. The molecule has 1 atom stereocenters. The molecule has 0 spiro atoms. The van der Waals surface area contributed by atoms with Crippen LogP contribution in [0, 0.1) is 6.92 Å². The van der Waals surface area contributed by atoms with E-state index in [-0.39, 0.29) is 36.6 Å². The van der Waals surface area contributed by atoms with Crippen LogP contribution in [0.25, 0.3) is 0 Å². The van der Waals surface area contributed by atoms with Crippen molar-refractivity contribution in [1.82, 2.24) is 10.2 Å². The van der Waals surface area contributed by atoms with Crippen LogP contribution < -0.4 is 11.1 Å².